The molecule has 0 saturated heterocycles. The third kappa shape index (κ3) is 4.15. The molecule has 0 aliphatic heterocycles. The van der Waals surface area contributed by atoms with E-state index >= 15 is 0 Å². The molecule has 94 valence electrons. The van der Waals surface area contributed by atoms with Crippen LogP contribution in [0, 0.1) is 5.82 Å². The molecule has 0 aliphatic carbocycles. The molecule has 1 amide bonds. The van der Waals surface area contributed by atoms with Gasteiger partial charge in [0.15, 0.2) is 0 Å². The first-order valence-corrected chi connectivity index (χ1v) is 5.86. The fourth-order valence-corrected chi connectivity index (χ4v) is 1.60. The lowest BCUT2D eigenvalue weighted by atomic mass is 10.1. The Labute approximate surface area is 101 Å². The lowest BCUT2D eigenvalue weighted by molar-refractivity contribution is -0.123. The number of halogens is 1. The van der Waals surface area contributed by atoms with Crippen LogP contribution in [0.3, 0.4) is 0 Å². The highest BCUT2D eigenvalue weighted by molar-refractivity contribution is 5.81. The van der Waals surface area contributed by atoms with Crippen molar-refractivity contribution in [2.45, 2.75) is 38.8 Å². The molecule has 1 rings (SSSR count). The monoisotopic (exact) mass is 238 g/mol. The zero-order valence-corrected chi connectivity index (χ0v) is 10.2. The Bertz CT molecular complexity index is 364. The number of rotatable bonds is 5. The number of nitrogens with one attached hydrogen (secondary N) is 1. The van der Waals surface area contributed by atoms with Gasteiger partial charge in [-0.3, -0.25) is 4.79 Å². The van der Waals surface area contributed by atoms with Crippen molar-refractivity contribution in [1.82, 2.24) is 5.32 Å². The van der Waals surface area contributed by atoms with Crippen molar-refractivity contribution >= 4 is 5.91 Å². The molecule has 0 saturated carbocycles. The van der Waals surface area contributed by atoms with Gasteiger partial charge in [-0.25, -0.2) is 4.39 Å². The zero-order chi connectivity index (χ0) is 12.8. The van der Waals surface area contributed by atoms with Gasteiger partial charge in [0, 0.05) is 0 Å². The maximum Gasteiger partial charge on any atom is 0.237 e. The van der Waals surface area contributed by atoms with Gasteiger partial charge in [-0.05, 0) is 31.0 Å². The summed E-state index contributed by atoms with van der Waals surface area (Å²) >= 11 is 0. The van der Waals surface area contributed by atoms with Crippen molar-refractivity contribution in [2.75, 3.05) is 0 Å². The van der Waals surface area contributed by atoms with Crippen LogP contribution in [0.4, 0.5) is 4.39 Å². The Morgan fingerprint density at radius 3 is 2.53 bits per heavy atom. The van der Waals surface area contributed by atoms with Crippen LogP contribution in [0.2, 0.25) is 0 Å². The van der Waals surface area contributed by atoms with Crippen LogP contribution >= 0.6 is 0 Å². The van der Waals surface area contributed by atoms with Crippen molar-refractivity contribution in [3.63, 3.8) is 0 Å². The maximum absolute atomic E-state index is 12.7. The second-order valence-corrected chi connectivity index (χ2v) is 4.18. The number of carbonyl (C=O) groups is 1. The van der Waals surface area contributed by atoms with Crippen LogP contribution in [0.15, 0.2) is 24.3 Å². The van der Waals surface area contributed by atoms with E-state index in [1.54, 1.807) is 12.1 Å². The van der Waals surface area contributed by atoms with Crippen LogP contribution in [0.5, 0.6) is 0 Å². The second kappa shape index (κ2) is 6.35. The van der Waals surface area contributed by atoms with Crippen LogP contribution in [-0.2, 0) is 4.79 Å². The van der Waals surface area contributed by atoms with E-state index in [2.05, 4.69) is 5.32 Å². The van der Waals surface area contributed by atoms with E-state index in [1.807, 2.05) is 13.8 Å². The van der Waals surface area contributed by atoms with Gasteiger partial charge in [0.25, 0.3) is 0 Å². The zero-order valence-electron chi connectivity index (χ0n) is 10.2. The van der Waals surface area contributed by atoms with Gasteiger partial charge in [0.1, 0.15) is 5.82 Å². The number of nitrogens with two attached hydrogens (primary N) is 1. The lowest BCUT2D eigenvalue weighted by Gasteiger charge is -2.17. The molecule has 1 aromatic carbocycles. The first-order valence-electron chi connectivity index (χ1n) is 5.86. The molecule has 0 radical (unpaired) electrons. The summed E-state index contributed by atoms with van der Waals surface area (Å²) in [5.41, 5.74) is 6.57. The van der Waals surface area contributed by atoms with E-state index in [9.17, 15) is 9.18 Å². The molecule has 2 atom stereocenters. The standard InChI is InChI=1S/C13H19FN2O/c1-3-4-12(15)13(17)16-9(2)10-5-7-11(14)8-6-10/h5-9,12H,3-4,15H2,1-2H3,(H,16,17)/t9-,12+/m0/s1. The number of carbonyl (C=O) groups excluding carboxylic acids is 1. The predicted octanol–water partition coefficient (Wildman–Crippen LogP) is 2.13. The molecular weight excluding hydrogens is 219 g/mol. The fraction of sp³-hybridized carbons (Fsp3) is 0.462. The molecule has 0 fully saturated rings. The molecule has 0 bridgehead atoms. The molecule has 4 heteroatoms. The third-order valence-electron chi connectivity index (χ3n) is 2.67. The Balaban J connectivity index is 2.57. The Hall–Kier alpha value is -1.42. The van der Waals surface area contributed by atoms with Crippen molar-refractivity contribution in [3.05, 3.63) is 35.6 Å². The summed E-state index contributed by atoms with van der Waals surface area (Å²) in [6, 6.07) is 5.44. The third-order valence-corrected chi connectivity index (χ3v) is 2.67. The van der Waals surface area contributed by atoms with Crippen LogP contribution < -0.4 is 11.1 Å². The molecule has 3 N–H and O–H groups in total. The summed E-state index contributed by atoms with van der Waals surface area (Å²) in [6.45, 7) is 3.83. The molecule has 0 heterocycles. The molecule has 1 aromatic rings. The van der Waals surface area contributed by atoms with Gasteiger partial charge in [0.2, 0.25) is 5.91 Å². The van der Waals surface area contributed by atoms with Crippen LogP contribution in [0.25, 0.3) is 0 Å². The van der Waals surface area contributed by atoms with Gasteiger partial charge >= 0.3 is 0 Å². The molecule has 3 nitrogen and oxygen atoms in total. The van der Waals surface area contributed by atoms with E-state index in [0.29, 0.717) is 6.42 Å². The topological polar surface area (TPSA) is 55.1 Å². The van der Waals surface area contributed by atoms with E-state index in [4.69, 9.17) is 5.73 Å². The highest BCUT2D eigenvalue weighted by atomic mass is 19.1. The van der Waals surface area contributed by atoms with E-state index in [1.165, 1.54) is 12.1 Å². The summed E-state index contributed by atoms with van der Waals surface area (Å²) in [5.74, 6) is -0.446. The Morgan fingerprint density at radius 1 is 1.41 bits per heavy atom. The Morgan fingerprint density at radius 2 is 2.00 bits per heavy atom. The normalized spacial score (nSPS) is 14.1. The minimum absolute atomic E-state index is 0.161. The number of benzene rings is 1. The Kier molecular flexibility index (Phi) is 5.10. The summed E-state index contributed by atoms with van der Waals surface area (Å²) in [5, 5.41) is 2.81. The van der Waals surface area contributed by atoms with E-state index in [0.717, 1.165) is 12.0 Å². The first-order chi connectivity index (χ1) is 8.04. The van der Waals surface area contributed by atoms with Gasteiger partial charge in [-0.2, -0.15) is 0 Å². The molecule has 0 spiro atoms. The molecular formula is C13H19FN2O. The summed E-state index contributed by atoms with van der Waals surface area (Å²) in [7, 11) is 0. The van der Waals surface area contributed by atoms with Gasteiger partial charge in [-0.15, -0.1) is 0 Å². The quantitative estimate of drug-likeness (QED) is 0.825. The van der Waals surface area contributed by atoms with E-state index in [-0.39, 0.29) is 17.8 Å². The van der Waals surface area contributed by atoms with Crippen molar-refractivity contribution in [2.24, 2.45) is 5.73 Å². The highest BCUT2D eigenvalue weighted by Gasteiger charge is 2.15. The van der Waals surface area contributed by atoms with Crippen molar-refractivity contribution in [3.8, 4) is 0 Å². The van der Waals surface area contributed by atoms with Crippen molar-refractivity contribution < 1.29 is 9.18 Å². The second-order valence-electron chi connectivity index (χ2n) is 4.18. The summed E-state index contributed by atoms with van der Waals surface area (Å²) < 4.78 is 12.7. The summed E-state index contributed by atoms with van der Waals surface area (Å²) in [4.78, 5) is 11.7. The largest absolute Gasteiger partial charge is 0.348 e. The number of hydrogen-bond donors (Lipinski definition) is 2. The molecule has 17 heavy (non-hydrogen) atoms. The molecule has 0 aromatic heterocycles. The predicted molar refractivity (Wildman–Crippen MR) is 65.8 cm³/mol. The first kappa shape index (κ1) is 13.6. The van der Waals surface area contributed by atoms with Crippen molar-refractivity contribution in [1.29, 1.82) is 0 Å². The molecule has 0 unspecified atom stereocenters. The van der Waals surface area contributed by atoms with Gasteiger partial charge in [0.05, 0.1) is 12.1 Å². The van der Waals surface area contributed by atoms with Gasteiger partial charge in [-0.1, -0.05) is 25.5 Å². The fourth-order valence-electron chi connectivity index (χ4n) is 1.60. The minimum Gasteiger partial charge on any atom is -0.348 e. The molecule has 0 aliphatic rings. The van der Waals surface area contributed by atoms with E-state index < -0.39 is 6.04 Å². The SMILES string of the molecule is CCC[C@@H](N)C(=O)N[C@@H](C)c1ccc(F)cc1. The van der Waals surface area contributed by atoms with Crippen LogP contribution in [0.1, 0.15) is 38.3 Å². The lowest BCUT2D eigenvalue weighted by Crippen LogP contribution is -2.41. The average Bonchev–Trinajstić information content (AvgIpc) is 2.30. The number of amides is 1. The van der Waals surface area contributed by atoms with Crippen LogP contribution in [-0.4, -0.2) is 11.9 Å². The maximum atomic E-state index is 12.7. The highest BCUT2D eigenvalue weighted by Crippen LogP contribution is 2.13. The minimum atomic E-state index is -0.470. The number of hydrogen-bond acceptors (Lipinski definition) is 2. The smallest absolute Gasteiger partial charge is 0.237 e. The summed E-state index contributed by atoms with van der Waals surface area (Å²) in [6.07, 6.45) is 1.54. The average molecular weight is 238 g/mol. The van der Waals surface area contributed by atoms with Gasteiger partial charge < -0.3 is 11.1 Å².